The standard InChI is InChI=1S/C17H17N3O2S2/c1-10-3-5-12(6-4-10)9-18-14(21)11(2)24-17-19-15(22)13-7-8-23-16(13)20-17/h3-8,11H,9H2,1-2H3,(H,18,21)(H,19,20,22)/t11-/m1/s1. The normalized spacial score (nSPS) is 12.2. The molecule has 0 aliphatic carbocycles. The molecule has 24 heavy (non-hydrogen) atoms. The highest BCUT2D eigenvalue weighted by Gasteiger charge is 2.16. The Morgan fingerprint density at radius 3 is 2.83 bits per heavy atom. The van der Waals surface area contributed by atoms with Gasteiger partial charge in [-0.1, -0.05) is 41.6 Å². The average Bonchev–Trinajstić information content (AvgIpc) is 3.03. The van der Waals surface area contributed by atoms with E-state index in [-0.39, 0.29) is 16.7 Å². The van der Waals surface area contributed by atoms with E-state index in [1.807, 2.05) is 36.6 Å². The molecule has 7 heteroatoms. The van der Waals surface area contributed by atoms with E-state index < -0.39 is 0 Å². The molecule has 0 radical (unpaired) electrons. The van der Waals surface area contributed by atoms with Crippen LogP contribution in [0.3, 0.4) is 0 Å². The summed E-state index contributed by atoms with van der Waals surface area (Å²) in [5.41, 5.74) is 2.07. The number of carbonyl (C=O) groups is 1. The van der Waals surface area contributed by atoms with Crippen LogP contribution < -0.4 is 10.9 Å². The number of nitrogens with one attached hydrogen (secondary N) is 2. The van der Waals surface area contributed by atoms with Gasteiger partial charge in [0.1, 0.15) is 4.83 Å². The van der Waals surface area contributed by atoms with Crippen LogP contribution in [0.4, 0.5) is 0 Å². The average molecular weight is 359 g/mol. The molecule has 0 aliphatic rings. The van der Waals surface area contributed by atoms with Gasteiger partial charge >= 0.3 is 0 Å². The molecule has 0 aliphatic heterocycles. The molecule has 2 aromatic heterocycles. The van der Waals surface area contributed by atoms with Gasteiger partial charge in [-0.25, -0.2) is 4.98 Å². The Kier molecular flexibility index (Phi) is 5.01. The lowest BCUT2D eigenvalue weighted by atomic mass is 10.1. The van der Waals surface area contributed by atoms with Crippen LogP contribution in [0.1, 0.15) is 18.1 Å². The van der Waals surface area contributed by atoms with Gasteiger partial charge in [-0.2, -0.15) is 0 Å². The van der Waals surface area contributed by atoms with Crippen LogP contribution in [0, 0.1) is 6.92 Å². The zero-order valence-electron chi connectivity index (χ0n) is 13.3. The molecule has 124 valence electrons. The molecular formula is C17H17N3O2S2. The fourth-order valence-corrected chi connectivity index (χ4v) is 3.80. The van der Waals surface area contributed by atoms with Gasteiger partial charge in [-0.3, -0.25) is 9.59 Å². The van der Waals surface area contributed by atoms with E-state index in [2.05, 4.69) is 15.3 Å². The first-order chi connectivity index (χ1) is 11.5. The number of H-pyrrole nitrogens is 1. The number of benzene rings is 1. The highest BCUT2D eigenvalue weighted by atomic mass is 32.2. The first-order valence-electron chi connectivity index (χ1n) is 7.50. The number of aromatic amines is 1. The fourth-order valence-electron chi connectivity index (χ4n) is 2.16. The number of thioether (sulfide) groups is 1. The summed E-state index contributed by atoms with van der Waals surface area (Å²) in [5, 5.41) is 5.44. The van der Waals surface area contributed by atoms with Crippen molar-refractivity contribution in [2.45, 2.75) is 30.8 Å². The van der Waals surface area contributed by atoms with Gasteiger partial charge in [-0.05, 0) is 30.9 Å². The third-order valence-corrected chi connectivity index (χ3v) is 5.35. The van der Waals surface area contributed by atoms with Crippen LogP contribution in [0.5, 0.6) is 0 Å². The summed E-state index contributed by atoms with van der Waals surface area (Å²) in [7, 11) is 0. The molecule has 1 amide bonds. The number of thiophene rings is 1. The Balaban J connectivity index is 1.62. The maximum absolute atomic E-state index is 12.2. The lowest BCUT2D eigenvalue weighted by molar-refractivity contribution is -0.120. The summed E-state index contributed by atoms with van der Waals surface area (Å²) in [6.07, 6.45) is 0. The van der Waals surface area contributed by atoms with Crippen LogP contribution in [0.25, 0.3) is 10.2 Å². The molecule has 0 spiro atoms. The summed E-state index contributed by atoms with van der Waals surface area (Å²) in [4.78, 5) is 32.0. The fraction of sp³-hybridized carbons (Fsp3) is 0.235. The summed E-state index contributed by atoms with van der Waals surface area (Å²) in [6.45, 7) is 4.31. The predicted octanol–water partition coefficient (Wildman–Crippen LogP) is 3.09. The van der Waals surface area contributed by atoms with Gasteiger partial charge in [0, 0.05) is 6.54 Å². The minimum absolute atomic E-state index is 0.0884. The topological polar surface area (TPSA) is 74.8 Å². The molecule has 0 saturated heterocycles. The molecule has 3 aromatic rings. The zero-order chi connectivity index (χ0) is 17.1. The van der Waals surface area contributed by atoms with Crippen molar-refractivity contribution in [2.75, 3.05) is 0 Å². The lowest BCUT2D eigenvalue weighted by Gasteiger charge is -2.11. The van der Waals surface area contributed by atoms with E-state index in [1.54, 1.807) is 13.0 Å². The highest BCUT2D eigenvalue weighted by Crippen LogP contribution is 2.22. The number of aryl methyl sites for hydroxylation is 1. The van der Waals surface area contributed by atoms with Crippen LogP contribution in [-0.4, -0.2) is 21.1 Å². The highest BCUT2D eigenvalue weighted by molar-refractivity contribution is 8.00. The number of hydrogen-bond acceptors (Lipinski definition) is 5. The van der Waals surface area contributed by atoms with Crippen molar-refractivity contribution < 1.29 is 4.79 Å². The lowest BCUT2D eigenvalue weighted by Crippen LogP contribution is -2.30. The molecule has 0 saturated carbocycles. The number of carbonyl (C=O) groups excluding carboxylic acids is 1. The Hall–Kier alpha value is -2.12. The van der Waals surface area contributed by atoms with Gasteiger partial charge in [-0.15, -0.1) is 11.3 Å². The number of aromatic nitrogens is 2. The van der Waals surface area contributed by atoms with Crippen molar-refractivity contribution in [1.82, 2.24) is 15.3 Å². The second-order valence-corrected chi connectivity index (χ2v) is 7.70. The Bertz CT molecular complexity index is 915. The van der Waals surface area contributed by atoms with Crippen molar-refractivity contribution >= 4 is 39.2 Å². The van der Waals surface area contributed by atoms with E-state index >= 15 is 0 Å². The molecule has 0 unspecified atom stereocenters. The number of rotatable bonds is 5. The third kappa shape index (κ3) is 3.85. The van der Waals surface area contributed by atoms with Gasteiger partial charge in [0.25, 0.3) is 5.56 Å². The van der Waals surface area contributed by atoms with Crippen LogP contribution in [0.2, 0.25) is 0 Å². The molecule has 2 heterocycles. The summed E-state index contributed by atoms with van der Waals surface area (Å²) in [5.74, 6) is -0.0884. The second kappa shape index (κ2) is 7.19. The molecule has 5 nitrogen and oxygen atoms in total. The maximum Gasteiger partial charge on any atom is 0.260 e. The number of amides is 1. The number of hydrogen-bond donors (Lipinski definition) is 2. The number of nitrogens with zero attached hydrogens (tertiary/aromatic N) is 1. The van der Waals surface area contributed by atoms with Gasteiger partial charge in [0.2, 0.25) is 5.91 Å². The molecule has 0 bridgehead atoms. The van der Waals surface area contributed by atoms with Crippen molar-refractivity contribution in [2.24, 2.45) is 0 Å². The van der Waals surface area contributed by atoms with Crippen molar-refractivity contribution in [3.05, 3.63) is 57.2 Å². The van der Waals surface area contributed by atoms with Gasteiger partial charge in [0.05, 0.1) is 10.6 Å². The van der Waals surface area contributed by atoms with Crippen LogP contribution in [-0.2, 0) is 11.3 Å². The molecular weight excluding hydrogens is 342 g/mol. The third-order valence-electron chi connectivity index (χ3n) is 3.56. The molecule has 3 rings (SSSR count). The van der Waals surface area contributed by atoms with Crippen molar-refractivity contribution in [3.8, 4) is 0 Å². The minimum atomic E-state index is -0.351. The molecule has 1 atom stereocenters. The van der Waals surface area contributed by atoms with E-state index in [0.717, 1.165) is 5.56 Å². The largest absolute Gasteiger partial charge is 0.351 e. The van der Waals surface area contributed by atoms with E-state index in [4.69, 9.17) is 0 Å². The van der Waals surface area contributed by atoms with Crippen LogP contribution >= 0.6 is 23.1 Å². The molecule has 2 N–H and O–H groups in total. The van der Waals surface area contributed by atoms with Crippen molar-refractivity contribution in [1.29, 1.82) is 0 Å². The number of fused-ring (bicyclic) bond motifs is 1. The predicted molar refractivity (Wildman–Crippen MR) is 98.6 cm³/mol. The van der Waals surface area contributed by atoms with E-state index in [0.29, 0.717) is 21.9 Å². The van der Waals surface area contributed by atoms with Gasteiger partial charge in [0.15, 0.2) is 5.16 Å². The second-order valence-electron chi connectivity index (χ2n) is 5.47. The van der Waals surface area contributed by atoms with Crippen molar-refractivity contribution in [3.63, 3.8) is 0 Å². The molecule has 1 aromatic carbocycles. The minimum Gasteiger partial charge on any atom is -0.351 e. The Labute approximate surface area is 147 Å². The summed E-state index contributed by atoms with van der Waals surface area (Å²) in [6, 6.07) is 9.78. The summed E-state index contributed by atoms with van der Waals surface area (Å²) >= 11 is 2.66. The molecule has 0 fully saturated rings. The summed E-state index contributed by atoms with van der Waals surface area (Å²) < 4.78 is 0. The van der Waals surface area contributed by atoms with Gasteiger partial charge < -0.3 is 10.3 Å². The SMILES string of the molecule is Cc1ccc(CNC(=O)[C@@H](C)Sc2nc3sccc3c(=O)[nH]2)cc1. The quantitative estimate of drug-likeness (QED) is 0.542. The van der Waals surface area contributed by atoms with E-state index in [9.17, 15) is 9.59 Å². The Morgan fingerprint density at radius 1 is 1.33 bits per heavy atom. The smallest absolute Gasteiger partial charge is 0.260 e. The monoisotopic (exact) mass is 359 g/mol. The van der Waals surface area contributed by atoms with E-state index in [1.165, 1.54) is 28.7 Å². The first kappa shape index (κ1) is 16.7. The van der Waals surface area contributed by atoms with Crippen LogP contribution in [0.15, 0.2) is 45.7 Å². The first-order valence-corrected chi connectivity index (χ1v) is 9.26. The Morgan fingerprint density at radius 2 is 2.08 bits per heavy atom. The maximum atomic E-state index is 12.2. The zero-order valence-corrected chi connectivity index (χ0v) is 15.0.